The Hall–Kier alpha value is -3.70. The number of carbonyl (C=O) groups excluding carboxylic acids is 1. The zero-order chi connectivity index (χ0) is 23.6. The zero-order valence-electron chi connectivity index (χ0n) is 17.9. The first-order chi connectivity index (χ1) is 15.8. The van der Waals surface area contributed by atoms with Gasteiger partial charge in [-0.1, -0.05) is 6.07 Å². The molecule has 0 aliphatic heterocycles. The average molecular weight is 485 g/mol. The van der Waals surface area contributed by atoms with Gasteiger partial charge in [0.05, 0.1) is 24.5 Å². The molecule has 33 heavy (non-hydrogen) atoms. The lowest BCUT2D eigenvalue weighted by Crippen LogP contribution is -2.28. The number of carbonyl (C=O) groups is 1. The number of hydrogen-bond acceptors (Lipinski definition) is 9. The summed E-state index contributed by atoms with van der Waals surface area (Å²) >= 11 is 1.49. The highest BCUT2D eigenvalue weighted by molar-refractivity contribution is 7.90. The second-order valence-corrected chi connectivity index (χ2v) is 9.47. The van der Waals surface area contributed by atoms with Crippen molar-refractivity contribution in [2.75, 3.05) is 19.5 Å². The van der Waals surface area contributed by atoms with Crippen molar-refractivity contribution in [1.82, 2.24) is 14.7 Å². The van der Waals surface area contributed by atoms with Gasteiger partial charge in [-0.15, -0.1) is 11.3 Å². The molecule has 0 saturated carbocycles. The maximum Gasteiger partial charge on any atom is 0.264 e. The maximum absolute atomic E-state index is 12.2. The molecule has 0 atom stereocenters. The van der Waals surface area contributed by atoms with E-state index in [-0.39, 0.29) is 4.90 Å². The fraction of sp³-hybridized carbons (Fsp3) is 0.136. The molecule has 0 aliphatic carbocycles. The number of aromatic nitrogens is 2. The SMILES string of the molecule is COc1ccc(-c2csc3ncnc(Nc4ccc(S(=O)(=O)NC(C)=O)cc4)c23)cc1OC. The highest BCUT2D eigenvalue weighted by atomic mass is 32.2. The number of nitrogens with zero attached hydrogens (tertiary/aromatic N) is 2. The highest BCUT2D eigenvalue weighted by Gasteiger charge is 2.17. The molecule has 9 nitrogen and oxygen atoms in total. The van der Waals surface area contributed by atoms with Crippen LogP contribution in [0.4, 0.5) is 11.5 Å². The van der Waals surface area contributed by atoms with E-state index in [0.29, 0.717) is 23.0 Å². The molecule has 1 amide bonds. The van der Waals surface area contributed by atoms with Crippen molar-refractivity contribution in [2.45, 2.75) is 11.8 Å². The molecule has 2 aromatic heterocycles. The highest BCUT2D eigenvalue weighted by Crippen LogP contribution is 2.40. The standard InChI is InChI=1S/C22H20N4O5S2/c1-13(27)26-33(28,29)16-7-5-15(6-8-16)25-21-20-17(11-32-22(20)24-12-23-21)14-4-9-18(30-2)19(10-14)31-3/h4-12H,1-3H3,(H,26,27)(H,23,24,25). The Morgan fingerprint density at radius 3 is 2.39 bits per heavy atom. The van der Waals surface area contributed by atoms with E-state index < -0.39 is 15.9 Å². The molecule has 0 unspecified atom stereocenters. The molecule has 0 bridgehead atoms. The number of rotatable bonds is 7. The van der Waals surface area contributed by atoms with Crippen molar-refractivity contribution < 1.29 is 22.7 Å². The fourth-order valence-corrected chi connectivity index (χ4v) is 5.19. The molecule has 0 fully saturated rings. The summed E-state index contributed by atoms with van der Waals surface area (Å²) < 4.78 is 37.0. The summed E-state index contributed by atoms with van der Waals surface area (Å²) in [4.78, 5) is 20.7. The third kappa shape index (κ3) is 4.59. The van der Waals surface area contributed by atoms with Crippen molar-refractivity contribution in [1.29, 1.82) is 0 Å². The lowest BCUT2D eigenvalue weighted by molar-refractivity contribution is -0.117. The summed E-state index contributed by atoms with van der Waals surface area (Å²) in [7, 11) is -0.737. The number of fused-ring (bicyclic) bond motifs is 1. The number of thiophene rings is 1. The van der Waals surface area contributed by atoms with Crippen LogP contribution in [0, 0.1) is 0 Å². The maximum atomic E-state index is 12.2. The molecule has 170 valence electrons. The quantitative estimate of drug-likeness (QED) is 0.405. The summed E-state index contributed by atoms with van der Waals surface area (Å²) in [5.41, 5.74) is 2.46. The van der Waals surface area contributed by atoms with Crippen LogP contribution in [-0.2, 0) is 14.8 Å². The van der Waals surface area contributed by atoms with Crippen molar-refractivity contribution in [2.24, 2.45) is 0 Å². The van der Waals surface area contributed by atoms with Crippen LogP contribution in [0.3, 0.4) is 0 Å². The van der Waals surface area contributed by atoms with Crippen LogP contribution in [0.1, 0.15) is 6.92 Å². The van der Waals surface area contributed by atoms with Gasteiger partial charge >= 0.3 is 0 Å². The van der Waals surface area contributed by atoms with E-state index in [1.807, 2.05) is 28.3 Å². The van der Waals surface area contributed by atoms with E-state index in [9.17, 15) is 13.2 Å². The molecular weight excluding hydrogens is 464 g/mol. The van der Waals surface area contributed by atoms with Gasteiger partial charge in [-0.05, 0) is 42.0 Å². The Labute approximate surface area is 194 Å². The number of ether oxygens (including phenoxy) is 2. The number of anilines is 2. The van der Waals surface area contributed by atoms with E-state index in [1.165, 1.54) is 29.8 Å². The summed E-state index contributed by atoms with van der Waals surface area (Å²) in [6.07, 6.45) is 1.47. The summed E-state index contributed by atoms with van der Waals surface area (Å²) in [6, 6.07) is 11.7. The number of amides is 1. The Kier molecular flexibility index (Phi) is 6.16. The van der Waals surface area contributed by atoms with Crippen molar-refractivity contribution in [3.63, 3.8) is 0 Å². The van der Waals surface area contributed by atoms with Crippen molar-refractivity contribution in [3.05, 3.63) is 54.2 Å². The van der Waals surface area contributed by atoms with E-state index >= 15 is 0 Å². The lowest BCUT2D eigenvalue weighted by Gasteiger charge is -2.11. The number of nitrogens with one attached hydrogen (secondary N) is 2. The van der Waals surface area contributed by atoms with Crippen molar-refractivity contribution in [3.8, 4) is 22.6 Å². The van der Waals surface area contributed by atoms with Gasteiger partial charge in [-0.2, -0.15) is 0 Å². The van der Waals surface area contributed by atoms with Gasteiger partial charge in [0, 0.05) is 23.6 Å². The van der Waals surface area contributed by atoms with Gasteiger partial charge in [0.2, 0.25) is 5.91 Å². The first-order valence-electron chi connectivity index (χ1n) is 9.67. The fourth-order valence-electron chi connectivity index (χ4n) is 3.29. The van der Waals surface area contributed by atoms with Crippen LogP contribution < -0.4 is 19.5 Å². The van der Waals surface area contributed by atoms with E-state index in [1.54, 1.807) is 26.4 Å². The van der Waals surface area contributed by atoms with Gasteiger partial charge in [0.1, 0.15) is 17.0 Å². The third-order valence-corrected chi connectivity index (χ3v) is 7.11. The molecular formula is C22H20N4O5S2. The monoisotopic (exact) mass is 484 g/mol. The molecule has 11 heteroatoms. The lowest BCUT2D eigenvalue weighted by atomic mass is 10.1. The molecule has 0 radical (unpaired) electrons. The van der Waals surface area contributed by atoms with Crippen LogP contribution in [0.2, 0.25) is 0 Å². The summed E-state index contributed by atoms with van der Waals surface area (Å²) in [6.45, 7) is 1.14. The predicted molar refractivity (Wildman–Crippen MR) is 127 cm³/mol. The molecule has 0 aliphatic rings. The number of benzene rings is 2. The minimum atomic E-state index is -3.90. The third-order valence-electron chi connectivity index (χ3n) is 4.77. The van der Waals surface area contributed by atoms with Gasteiger partial charge in [-0.3, -0.25) is 4.79 Å². The molecule has 2 heterocycles. The number of hydrogen-bond donors (Lipinski definition) is 2. The molecule has 4 aromatic rings. The van der Waals surface area contributed by atoms with Gasteiger partial charge in [-0.25, -0.2) is 23.1 Å². The smallest absolute Gasteiger partial charge is 0.264 e. The number of sulfonamides is 1. The van der Waals surface area contributed by atoms with Crippen LogP contribution in [0.25, 0.3) is 21.3 Å². The van der Waals surface area contributed by atoms with E-state index in [2.05, 4.69) is 15.3 Å². The Bertz CT molecular complexity index is 1430. The average Bonchev–Trinajstić information content (AvgIpc) is 3.23. The largest absolute Gasteiger partial charge is 0.493 e. The second-order valence-electron chi connectivity index (χ2n) is 6.93. The predicted octanol–water partition coefficient (Wildman–Crippen LogP) is 3.94. The van der Waals surface area contributed by atoms with Crippen LogP contribution in [0.15, 0.2) is 59.1 Å². The first-order valence-corrected chi connectivity index (χ1v) is 12.0. The Morgan fingerprint density at radius 1 is 1.00 bits per heavy atom. The van der Waals surface area contributed by atoms with Gasteiger partial charge < -0.3 is 14.8 Å². The molecule has 0 spiro atoms. The molecule has 4 rings (SSSR count). The number of methoxy groups -OCH3 is 2. The van der Waals surface area contributed by atoms with Gasteiger partial charge in [0.15, 0.2) is 11.5 Å². The van der Waals surface area contributed by atoms with E-state index in [4.69, 9.17) is 9.47 Å². The normalized spacial score (nSPS) is 11.2. The first kappa shape index (κ1) is 22.5. The molecule has 2 N–H and O–H groups in total. The van der Waals surface area contributed by atoms with Crippen molar-refractivity contribution >= 4 is 49.0 Å². The Balaban J connectivity index is 1.70. The molecule has 2 aromatic carbocycles. The van der Waals surface area contributed by atoms with Crippen LogP contribution in [0.5, 0.6) is 11.5 Å². The van der Waals surface area contributed by atoms with Gasteiger partial charge in [0.25, 0.3) is 10.0 Å². The zero-order valence-corrected chi connectivity index (χ0v) is 19.6. The summed E-state index contributed by atoms with van der Waals surface area (Å²) in [5.74, 6) is 1.16. The topological polar surface area (TPSA) is 120 Å². The van der Waals surface area contributed by atoms with E-state index in [0.717, 1.165) is 28.3 Å². The Morgan fingerprint density at radius 2 is 1.73 bits per heavy atom. The minimum Gasteiger partial charge on any atom is -0.493 e. The summed E-state index contributed by atoms with van der Waals surface area (Å²) in [5, 5.41) is 6.05. The van der Waals surface area contributed by atoms with Crippen LogP contribution in [-0.4, -0.2) is 38.5 Å². The van der Waals surface area contributed by atoms with Crippen LogP contribution >= 0.6 is 11.3 Å². The molecule has 0 saturated heterocycles. The second kappa shape index (κ2) is 9.04. The minimum absolute atomic E-state index is 0.0161.